The van der Waals surface area contributed by atoms with Gasteiger partial charge in [0.15, 0.2) is 5.13 Å². The molecule has 3 rings (SSSR count). The molecule has 2 heterocycles. The molecular formula is C13H21N3OS. The molecule has 2 unspecified atom stereocenters. The lowest BCUT2D eigenvalue weighted by Gasteiger charge is -2.42. The summed E-state index contributed by atoms with van der Waals surface area (Å²) in [6.07, 6.45) is 6.38. The van der Waals surface area contributed by atoms with Crippen molar-refractivity contribution in [3.8, 4) is 0 Å². The summed E-state index contributed by atoms with van der Waals surface area (Å²) in [7, 11) is 0. The van der Waals surface area contributed by atoms with E-state index in [2.05, 4.69) is 14.8 Å². The van der Waals surface area contributed by atoms with Crippen LogP contribution >= 0.6 is 11.3 Å². The Balaban J connectivity index is 1.56. The van der Waals surface area contributed by atoms with Crippen LogP contribution in [0.5, 0.6) is 0 Å². The van der Waals surface area contributed by atoms with Gasteiger partial charge in [-0.25, -0.2) is 4.98 Å². The van der Waals surface area contributed by atoms with Crippen LogP contribution in [0.4, 0.5) is 5.13 Å². The first-order valence-corrected chi connectivity index (χ1v) is 7.79. The molecule has 100 valence electrons. The monoisotopic (exact) mass is 267 g/mol. The Morgan fingerprint density at radius 2 is 1.94 bits per heavy atom. The molecule has 0 amide bonds. The summed E-state index contributed by atoms with van der Waals surface area (Å²) in [5.41, 5.74) is 0. The van der Waals surface area contributed by atoms with Crippen LogP contribution in [0, 0.1) is 0 Å². The number of aliphatic hydroxyl groups excluding tert-OH is 1. The first kappa shape index (κ1) is 12.4. The van der Waals surface area contributed by atoms with E-state index in [4.69, 9.17) is 0 Å². The summed E-state index contributed by atoms with van der Waals surface area (Å²) in [5, 5.41) is 13.3. The quantitative estimate of drug-likeness (QED) is 0.883. The summed E-state index contributed by atoms with van der Waals surface area (Å²) in [5.74, 6) is 0. The molecule has 0 spiro atoms. The average molecular weight is 267 g/mol. The van der Waals surface area contributed by atoms with E-state index in [1.165, 1.54) is 19.3 Å². The van der Waals surface area contributed by atoms with E-state index < -0.39 is 0 Å². The third-order valence-electron chi connectivity index (χ3n) is 4.17. The minimum Gasteiger partial charge on any atom is -0.391 e. The molecule has 1 aliphatic heterocycles. The van der Waals surface area contributed by atoms with Crippen molar-refractivity contribution in [2.75, 3.05) is 31.1 Å². The fourth-order valence-corrected chi connectivity index (χ4v) is 3.83. The maximum atomic E-state index is 10.1. The fraction of sp³-hybridized carbons (Fsp3) is 0.769. The van der Waals surface area contributed by atoms with Crippen molar-refractivity contribution in [1.29, 1.82) is 0 Å². The van der Waals surface area contributed by atoms with Gasteiger partial charge in [0.25, 0.3) is 0 Å². The van der Waals surface area contributed by atoms with E-state index in [1.54, 1.807) is 11.3 Å². The second kappa shape index (κ2) is 5.55. The van der Waals surface area contributed by atoms with E-state index in [1.807, 2.05) is 11.6 Å². The number of hydrogen-bond acceptors (Lipinski definition) is 5. The van der Waals surface area contributed by atoms with Gasteiger partial charge in [0.2, 0.25) is 0 Å². The van der Waals surface area contributed by atoms with E-state index >= 15 is 0 Å². The Labute approximate surface area is 112 Å². The Morgan fingerprint density at radius 3 is 2.61 bits per heavy atom. The number of rotatable bonds is 2. The molecular weight excluding hydrogens is 246 g/mol. The number of thiazole rings is 1. The molecule has 5 heteroatoms. The maximum absolute atomic E-state index is 10.1. The highest BCUT2D eigenvalue weighted by atomic mass is 32.1. The molecule has 1 N–H and O–H groups in total. The van der Waals surface area contributed by atoms with Gasteiger partial charge in [-0.05, 0) is 12.8 Å². The largest absolute Gasteiger partial charge is 0.391 e. The van der Waals surface area contributed by atoms with Crippen molar-refractivity contribution < 1.29 is 5.11 Å². The third kappa shape index (κ3) is 2.53. The van der Waals surface area contributed by atoms with Crippen LogP contribution in [-0.2, 0) is 0 Å². The van der Waals surface area contributed by atoms with Crippen LogP contribution in [0.3, 0.4) is 0 Å². The van der Waals surface area contributed by atoms with E-state index in [-0.39, 0.29) is 6.10 Å². The molecule has 1 aliphatic carbocycles. The van der Waals surface area contributed by atoms with Gasteiger partial charge in [-0.15, -0.1) is 11.3 Å². The first-order chi connectivity index (χ1) is 8.84. The normalized spacial score (nSPS) is 30.6. The second-order valence-electron chi connectivity index (χ2n) is 5.26. The van der Waals surface area contributed by atoms with Gasteiger partial charge in [0.1, 0.15) is 0 Å². The van der Waals surface area contributed by atoms with Gasteiger partial charge < -0.3 is 10.0 Å². The predicted molar refractivity (Wildman–Crippen MR) is 74.2 cm³/mol. The lowest BCUT2D eigenvalue weighted by Crippen LogP contribution is -2.54. The zero-order valence-corrected chi connectivity index (χ0v) is 11.5. The Morgan fingerprint density at radius 1 is 1.17 bits per heavy atom. The van der Waals surface area contributed by atoms with Crippen LogP contribution < -0.4 is 4.90 Å². The third-order valence-corrected chi connectivity index (χ3v) is 5.00. The molecule has 1 saturated carbocycles. The van der Waals surface area contributed by atoms with Crippen LogP contribution in [0.2, 0.25) is 0 Å². The van der Waals surface area contributed by atoms with Crippen LogP contribution in [0.1, 0.15) is 25.7 Å². The van der Waals surface area contributed by atoms with Crippen molar-refractivity contribution in [3.63, 3.8) is 0 Å². The van der Waals surface area contributed by atoms with Gasteiger partial charge in [-0.2, -0.15) is 0 Å². The number of aliphatic hydroxyl groups is 1. The average Bonchev–Trinajstić information content (AvgIpc) is 2.94. The van der Waals surface area contributed by atoms with Gasteiger partial charge in [0.05, 0.1) is 6.10 Å². The van der Waals surface area contributed by atoms with Crippen molar-refractivity contribution in [2.24, 2.45) is 0 Å². The molecule has 4 nitrogen and oxygen atoms in total. The minimum atomic E-state index is -0.106. The summed E-state index contributed by atoms with van der Waals surface area (Å²) in [6, 6.07) is 0.400. The molecule has 1 saturated heterocycles. The first-order valence-electron chi connectivity index (χ1n) is 6.91. The second-order valence-corrected chi connectivity index (χ2v) is 6.13. The van der Waals surface area contributed by atoms with E-state index in [0.29, 0.717) is 6.04 Å². The maximum Gasteiger partial charge on any atom is 0.185 e. The zero-order valence-electron chi connectivity index (χ0n) is 10.7. The predicted octanol–water partition coefficient (Wildman–Crippen LogP) is 1.57. The topological polar surface area (TPSA) is 39.6 Å². The molecule has 1 aromatic rings. The molecule has 0 radical (unpaired) electrons. The van der Waals surface area contributed by atoms with Crippen molar-refractivity contribution >= 4 is 16.5 Å². The zero-order chi connectivity index (χ0) is 12.4. The Kier molecular flexibility index (Phi) is 3.82. The number of piperazine rings is 1. The fourth-order valence-electron chi connectivity index (χ4n) is 3.13. The summed E-state index contributed by atoms with van der Waals surface area (Å²) in [4.78, 5) is 9.21. The molecule has 18 heavy (non-hydrogen) atoms. The van der Waals surface area contributed by atoms with Crippen LogP contribution in [-0.4, -0.2) is 53.3 Å². The highest BCUT2D eigenvalue weighted by Gasteiger charge is 2.31. The number of anilines is 1. The summed E-state index contributed by atoms with van der Waals surface area (Å²) >= 11 is 1.71. The molecule has 1 aromatic heterocycles. The summed E-state index contributed by atoms with van der Waals surface area (Å²) < 4.78 is 0. The number of nitrogens with zero attached hydrogens (tertiary/aromatic N) is 3. The van der Waals surface area contributed by atoms with Gasteiger partial charge in [0, 0.05) is 43.8 Å². The van der Waals surface area contributed by atoms with E-state index in [0.717, 1.165) is 37.7 Å². The molecule has 0 bridgehead atoms. The van der Waals surface area contributed by atoms with Crippen molar-refractivity contribution in [2.45, 2.75) is 37.8 Å². The number of hydrogen-bond donors (Lipinski definition) is 1. The standard InChI is InChI=1S/C13H21N3OS/c17-12-4-2-1-3-11(12)15-6-8-16(9-7-15)13-14-5-10-18-13/h5,10-12,17H,1-4,6-9H2. The number of aromatic nitrogens is 1. The van der Waals surface area contributed by atoms with Crippen molar-refractivity contribution in [3.05, 3.63) is 11.6 Å². The van der Waals surface area contributed by atoms with Gasteiger partial charge in [-0.1, -0.05) is 12.8 Å². The van der Waals surface area contributed by atoms with E-state index in [9.17, 15) is 5.11 Å². The summed E-state index contributed by atoms with van der Waals surface area (Å²) in [6.45, 7) is 4.19. The van der Waals surface area contributed by atoms with Gasteiger partial charge >= 0.3 is 0 Å². The molecule has 2 atom stereocenters. The highest BCUT2D eigenvalue weighted by Crippen LogP contribution is 2.25. The van der Waals surface area contributed by atoms with Crippen LogP contribution in [0.25, 0.3) is 0 Å². The van der Waals surface area contributed by atoms with Crippen LogP contribution in [0.15, 0.2) is 11.6 Å². The lowest BCUT2D eigenvalue weighted by molar-refractivity contribution is 0.0173. The Bertz CT molecular complexity index is 362. The van der Waals surface area contributed by atoms with Gasteiger partial charge in [-0.3, -0.25) is 4.90 Å². The molecule has 2 aliphatic rings. The molecule has 2 fully saturated rings. The van der Waals surface area contributed by atoms with Crippen molar-refractivity contribution in [1.82, 2.24) is 9.88 Å². The lowest BCUT2D eigenvalue weighted by atomic mass is 9.91. The minimum absolute atomic E-state index is 0.106. The smallest absolute Gasteiger partial charge is 0.185 e. The molecule has 0 aromatic carbocycles. The SMILES string of the molecule is OC1CCCCC1N1CCN(c2nccs2)CC1. The highest BCUT2D eigenvalue weighted by molar-refractivity contribution is 7.13. The Hall–Kier alpha value is -0.650.